The van der Waals surface area contributed by atoms with Crippen LogP contribution in [0.25, 0.3) is 16.5 Å². The fraction of sp³-hybridized carbons (Fsp3) is 0.200. The SMILES string of the molecule is O=c1[nH]c(=O)n(-c2cccc3ccccc23)c(O)c1C=NN1CCCC[C@H]1c1cccnc1. The minimum Gasteiger partial charge on any atom is -0.493 e. The van der Waals surface area contributed by atoms with Crippen molar-refractivity contribution in [2.75, 3.05) is 6.54 Å². The predicted molar refractivity (Wildman–Crippen MR) is 127 cm³/mol. The monoisotopic (exact) mass is 441 g/mol. The first-order valence-electron chi connectivity index (χ1n) is 10.9. The Balaban J connectivity index is 1.57. The van der Waals surface area contributed by atoms with Crippen molar-refractivity contribution in [3.63, 3.8) is 0 Å². The predicted octanol–water partition coefficient (Wildman–Crippen LogP) is 3.34. The van der Waals surface area contributed by atoms with Crippen molar-refractivity contribution in [1.82, 2.24) is 19.5 Å². The highest BCUT2D eigenvalue weighted by atomic mass is 16.3. The lowest BCUT2D eigenvalue weighted by atomic mass is 9.98. The molecule has 1 aliphatic heterocycles. The Kier molecular flexibility index (Phi) is 5.48. The Morgan fingerprint density at radius 1 is 1.06 bits per heavy atom. The molecule has 3 heterocycles. The number of fused-ring (bicyclic) bond motifs is 1. The van der Waals surface area contributed by atoms with E-state index in [-0.39, 0.29) is 11.6 Å². The molecule has 1 aliphatic rings. The van der Waals surface area contributed by atoms with Gasteiger partial charge < -0.3 is 5.11 Å². The number of hydrogen-bond acceptors (Lipinski definition) is 6. The van der Waals surface area contributed by atoms with Crippen LogP contribution in [0.2, 0.25) is 0 Å². The van der Waals surface area contributed by atoms with Gasteiger partial charge in [-0.15, -0.1) is 0 Å². The zero-order valence-electron chi connectivity index (χ0n) is 17.9. The van der Waals surface area contributed by atoms with Crippen molar-refractivity contribution in [2.24, 2.45) is 5.10 Å². The maximum Gasteiger partial charge on any atom is 0.335 e. The number of hydrazone groups is 1. The van der Waals surface area contributed by atoms with Gasteiger partial charge >= 0.3 is 5.69 Å². The van der Waals surface area contributed by atoms with Crippen LogP contribution in [-0.4, -0.2) is 37.4 Å². The average molecular weight is 441 g/mol. The maximum atomic E-state index is 12.7. The second-order valence-corrected chi connectivity index (χ2v) is 8.04. The van der Waals surface area contributed by atoms with E-state index in [1.165, 1.54) is 6.21 Å². The van der Waals surface area contributed by atoms with Gasteiger partial charge in [-0.05, 0) is 42.3 Å². The van der Waals surface area contributed by atoms with Gasteiger partial charge in [0.2, 0.25) is 5.88 Å². The summed E-state index contributed by atoms with van der Waals surface area (Å²) in [5.41, 5.74) is 0.0591. The summed E-state index contributed by atoms with van der Waals surface area (Å²) in [6.45, 7) is 0.720. The van der Waals surface area contributed by atoms with E-state index >= 15 is 0 Å². The standard InChI is InChI=1S/C25H23N5O3/c31-23-20(16-27-29-14-4-3-11-21(29)18-9-6-13-26-15-18)24(32)30(25(33)28-23)22-12-5-8-17-7-1-2-10-19(17)22/h1-2,5-10,12-13,15-16,21,32H,3-4,11,14H2,(H,28,31,33)/t21-/m0/s1. The van der Waals surface area contributed by atoms with Gasteiger partial charge in [0.1, 0.15) is 5.56 Å². The molecule has 0 bridgehead atoms. The molecule has 0 saturated carbocycles. The average Bonchev–Trinajstić information content (AvgIpc) is 2.84. The van der Waals surface area contributed by atoms with E-state index in [0.29, 0.717) is 5.69 Å². The Bertz CT molecular complexity index is 1440. The van der Waals surface area contributed by atoms with Crippen molar-refractivity contribution in [3.8, 4) is 11.6 Å². The van der Waals surface area contributed by atoms with Crippen LogP contribution in [0.15, 0.2) is 81.7 Å². The number of nitrogens with zero attached hydrogens (tertiary/aromatic N) is 4. The van der Waals surface area contributed by atoms with Gasteiger partial charge in [-0.1, -0.05) is 42.5 Å². The fourth-order valence-electron chi connectivity index (χ4n) is 4.38. The topological polar surface area (TPSA) is 104 Å². The lowest BCUT2D eigenvalue weighted by Gasteiger charge is -2.33. The second kappa shape index (κ2) is 8.74. The van der Waals surface area contributed by atoms with Crippen LogP contribution < -0.4 is 11.2 Å². The molecule has 2 aromatic carbocycles. The highest BCUT2D eigenvalue weighted by Gasteiger charge is 2.23. The van der Waals surface area contributed by atoms with Crippen LogP contribution in [-0.2, 0) is 0 Å². The van der Waals surface area contributed by atoms with Crippen LogP contribution in [0, 0.1) is 0 Å². The first-order valence-corrected chi connectivity index (χ1v) is 10.9. The molecular weight excluding hydrogens is 418 g/mol. The minimum absolute atomic E-state index is 0.0360. The number of aromatic amines is 1. The molecule has 1 saturated heterocycles. The number of benzene rings is 2. The normalized spacial score (nSPS) is 16.5. The number of nitrogens with one attached hydrogen (secondary N) is 1. The molecule has 5 rings (SSSR count). The largest absolute Gasteiger partial charge is 0.493 e. The van der Waals surface area contributed by atoms with Gasteiger partial charge in [0.05, 0.1) is 17.9 Å². The number of rotatable bonds is 4. The van der Waals surface area contributed by atoms with Crippen molar-refractivity contribution < 1.29 is 5.11 Å². The van der Waals surface area contributed by atoms with Crippen molar-refractivity contribution in [1.29, 1.82) is 0 Å². The first kappa shape index (κ1) is 20.7. The Hall–Kier alpha value is -4.20. The third-order valence-corrected chi connectivity index (χ3v) is 6.01. The van der Waals surface area contributed by atoms with E-state index in [1.807, 2.05) is 53.7 Å². The summed E-state index contributed by atoms with van der Waals surface area (Å²) in [5, 5.41) is 19.1. The molecule has 8 heteroatoms. The smallest absolute Gasteiger partial charge is 0.335 e. The van der Waals surface area contributed by atoms with Crippen LogP contribution in [0.4, 0.5) is 0 Å². The molecule has 0 amide bonds. The molecule has 0 aliphatic carbocycles. The van der Waals surface area contributed by atoms with Crippen molar-refractivity contribution in [2.45, 2.75) is 25.3 Å². The van der Waals surface area contributed by atoms with Gasteiger partial charge in [-0.3, -0.25) is 19.8 Å². The van der Waals surface area contributed by atoms with Gasteiger partial charge in [-0.2, -0.15) is 5.10 Å². The zero-order chi connectivity index (χ0) is 22.8. The van der Waals surface area contributed by atoms with E-state index in [9.17, 15) is 14.7 Å². The summed E-state index contributed by atoms with van der Waals surface area (Å²) in [6, 6.07) is 16.9. The molecule has 2 N–H and O–H groups in total. The summed E-state index contributed by atoms with van der Waals surface area (Å²) in [7, 11) is 0. The third-order valence-electron chi connectivity index (χ3n) is 6.01. The number of aromatic hydroxyl groups is 1. The van der Waals surface area contributed by atoms with Crippen molar-refractivity contribution >= 4 is 17.0 Å². The highest BCUT2D eigenvalue weighted by Crippen LogP contribution is 2.31. The summed E-state index contributed by atoms with van der Waals surface area (Å²) in [5.74, 6) is -0.446. The summed E-state index contributed by atoms with van der Waals surface area (Å²) >= 11 is 0. The third kappa shape index (κ3) is 3.91. The van der Waals surface area contributed by atoms with Crippen LogP contribution in [0.1, 0.15) is 36.4 Å². The van der Waals surface area contributed by atoms with E-state index in [2.05, 4.69) is 15.1 Å². The zero-order valence-corrected chi connectivity index (χ0v) is 17.9. The maximum absolute atomic E-state index is 12.7. The quantitative estimate of drug-likeness (QED) is 0.473. The van der Waals surface area contributed by atoms with Crippen molar-refractivity contribution in [3.05, 3.63) is 99.0 Å². The molecular formula is C25H23N5O3. The number of piperidine rings is 1. The first-order chi connectivity index (χ1) is 16.1. The van der Waals surface area contributed by atoms with E-state index in [4.69, 9.17) is 0 Å². The van der Waals surface area contributed by atoms with Crippen LogP contribution >= 0.6 is 0 Å². The fourth-order valence-corrected chi connectivity index (χ4v) is 4.38. The van der Waals surface area contributed by atoms with Gasteiger partial charge in [0, 0.05) is 24.3 Å². The summed E-state index contributed by atoms with van der Waals surface area (Å²) < 4.78 is 1.11. The summed E-state index contributed by atoms with van der Waals surface area (Å²) in [6.07, 6.45) is 7.86. The van der Waals surface area contributed by atoms with Gasteiger partial charge in [0.25, 0.3) is 5.56 Å². The molecule has 2 aromatic heterocycles. The molecule has 4 aromatic rings. The van der Waals surface area contributed by atoms with E-state index < -0.39 is 17.1 Å². The number of hydrogen-bond donors (Lipinski definition) is 2. The molecule has 1 atom stereocenters. The molecule has 0 radical (unpaired) electrons. The molecule has 33 heavy (non-hydrogen) atoms. The van der Waals surface area contributed by atoms with Crippen LogP contribution in [0.3, 0.4) is 0 Å². The van der Waals surface area contributed by atoms with Crippen LogP contribution in [0.5, 0.6) is 5.88 Å². The number of aromatic nitrogens is 3. The number of H-pyrrole nitrogens is 1. The van der Waals surface area contributed by atoms with Gasteiger partial charge in [-0.25, -0.2) is 9.36 Å². The van der Waals surface area contributed by atoms with E-state index in [0.717, 1.165) is 46.7 Å². The molecule has 0 unspecified atom stereocenters. The van der Waals surface area contributed by atoms with Gasteiger partial charge in [0.15, 0.2) is 0 Å². The lowest BCUT2D eigenvalue weighted by molar-refractivity contribution is 0.156. The minimum atomic E-state index is -0.711. The lowest BCUT2D eigenvalue weighted by Crippen LogP contribution is -2.32. The van der Waals surface area contributed by atoms with E-state index in [1.54, 1.807) is 18.3 Å². The Morgan fingerprint density at radius 3 is 2.76 bits per heavy atom. The molecule has 166 valence electrons. The Labute approximate surface area is 189 Å². The molecule has 1 fully saturated rings. The Morgan fingerprint density at radius 2 is 1.91 bits per heavy atom. The second-order valence-electron chi connectivity index (χ2n) is 8.04. The molecule has 8 nitrogen and oxygen atoms in total. The summed E-state index contributed by atoms with van der Waals surface area (Å²) in [4.78, 5) is 31.8. The molecule has 0 spiro atoms. The highest BCUT2D eigenvalue weighted by molar-refractivity contribution is 5.91. The number of pyridine rings is 1.